The second-order valence-electron chi connectivity index (χ2n) is 2.24. The van der Waals surface area contributed by atoms with Crippen LogP contribution in [0.25, 0.3) is 0 Å². The standard InChI is InChI=1S/C6H8Cl3/c7-4-2-1-3-5(8)6(4)9/h1,4-6H,2-3H2. The largest absolute Gasteiger partial charge is 0.121 e. The van der Waals surface area contributed by atoms with Crippen LogP contribution in [-0.4, -0.2) is 16.1 Å². The minimum atomic E-state index is -0.0571. The Balaban J connectivity index is 2.41. The van der Waals surface area contributed by atoms with Gasteiger partial charge in [-0.15, -0.1) is 34.8 Å². The topological polar surface area (TPSA) is 0 Å². The zero-order chi connectivity index (χ0) is 6.85. The molecule has 0 amide bonds. The number of halogens is 3. The summed E-state index contributed by atoms with van der Waals surface area (Å²) in [6.07, 6.45) is 3.87. The van der Waals surface area contributed by atoms with Crippen molar-refractivity contribution in [2.24, 2.45) is 0 Å². The number of hydrogen-bond acceptors (Lipinski definition) is 0. The maximum Gasteiger partial charge on any atom is 0.0663 e. The smallest absolute Gasteiger partial charge is 0.0663 e. The van der Waals surface area contributed by atoms with Gasteiger partial charge in [0.15, 0.2) is 0 Å². The van der Waals surface area contributed by atoms with E-state index in [1.165, 1.54) is 0 Å². The van der Waals surface area contributed by atoms with Gasteiger partial charge in [0.05, 0.1) is 16.1 Å². The van der Waals surface area contributed by atoms with Crippen LogP contribution in [0.5, 0.6) is 0 Å². The average Bonchev–Trinajstić information content (AvgIpc) is 1.83. The van der Waals surface area contributed by atoms with Gasteiger partial charge in [0.1, 0.15) is 0 Å². The third-order valence-electron chi connectivity index (χ3n) is 1.47. The molecular weight excluding hydrogens is 178 g/mol. The maximum atomic E-state index is 5.83. The van der Waals surface area contributed by atoms with Crippen molar-refractivity contribution in [1.29, 1.82) is 0 Å². The highest BCUT2D eigenvalue weighted by atomic mass is 35.5. The van der Waals surface area contributed by atoms with E-state index in [0.717, 1.165) is 12.8 Å². The molecular formula is C6H8Cl3. The van der Waals surface area contributed by atoms with E-state index in [9.17, 15) is 0 Å². The molecule has 0 aromatic rings. The van der Waals surface area contributed by atoms with Crippen LogP contribution in [0, 0.1) is 6.42 Å². The van der Waals surface area contributed by atoms with E-state index in [4.69, 9.17) is 34.8 Å². The Morgan fingerprint density at radius 1 is 1.00 bits per heavy atom. The third kappa shape index (κ3) is 1.89. The first-order valence-electron chi connectivity index (χ1n) is 2.95. The average molecular weight is 186 g/mol. The second-order valence-corrected chi connectivity index (χ2v) is 3.86. The number of rotatable bonds is 0. The highest BCUT2D eigenvalue weighted by Crippen LogP contribution is 2.30. The van der Waals surface area contributed by atoms with Crippen molar-refractivity contribution in [3.05, 3.63) is 6.42 Å². The Kier molecular flexibility index (Phi) is 2.94. The fraction of sp³-hybridized carbons (Fsp3) is 0.833. The molecule has 1 saturated carbocycles. The lowest BCUT2D eigenvalue weighted by Crippen LogP contribution is -2.30. The van der Waals surface area contributed by atoms with E-state index in [1.807, 2.05) is 0 Å². The molecule has 2 atom stereocenters. The Morgan fingerprint density at radius 3 is 1.78 bits per heavy atom. The van der Waals surface area contributed by atoms with Crippen molar-refractivity contribution in [2.75, 3.05) is 0 Å². The minimum absolute atomic E-state index is 0.0305. The van der Waals surface area contributed by atoms with Gasteiger partial charge in [0.2, 0.25) is 0 Å². The van der Waals surface area contributed by atoms with Crippen LogP contribution in [0.15, 0.2) is 0 Å². The molecule has 1 radical (unpaired) electrons. The zero-order valence-corrected chi connectivity index (χ0v) is 7.13. The van der Waals surface area contributed by atoms with Gasteiger partial charge >= 0.3 is 0 Å². The summed E-state index contributed by atoms with van der Waals surface area (Å²) in [5.41, 5.74) is 0. The molecule has 1 fully saturated rings. The van der Waals surface area contributed by atoms with Gasteiger partial charge in [-0.3, -0.25) is 0 Å². The Labute approximate surface area is 70.5 Å². The predicted molar refractivity (Wildman–Crippen MR) is 42.5 cm³/mol. The molecule has 1 aliphatic rings. The van der Waals surface area contributed by atoms with Crippen molar-refractivity contribution < 1.29 is 0 Å². The van der Waals surface area contributed by atoms with Gasteiger partial charge in [-0.1, -0.05) is 0 Å². The summed E-state index contributed by atoms with van der Waals surface area (Å²) in [5, 5.41) is 0.00386. The summed E-state index contributed by atoms with van der Waals surface area (Å²) in [4.78, 5) is 0. The second kappa shape index (κ2) is 3.32. The Bertz CT molecular complexity index is 84.3. The molecule has 2 unspecified atom stereocenters. The summed E-state index contributed by atoms with van der Waals surface area (Å²) in [7, 11) is 0. The van der Waals surface area contributed by atoms with Crippen LogP contribution >= 0.6 is 34.8 Å². The monoisotopic (exact) mass is 185 g/mol. The van der Waals surface area contributed by atoms with Crippen LogP contribution in [0.1, 0.15) is 12.8 Å². The fourth-order valence-electron chi connectivity index (χ4n) is 0.901. The highest BCUT2D eigenvalue weighted by Gasteiger charge is 2.28. The van der Waals surface area contributed by atoms with Crippen LogP contribution in [0.3, 0.4) is 0 Å². The van der Waals surface area contributed by atoms with E-state index in [2.05, 4.69) is 6.42 Å². The Morgan fingerprint density at radius 2 is 1.44 bits per heavy atom. The molecule has 0 saturated heterocycles. The van der Waals surface area contributed by atoms with Crippen molar-refractivity contribution >= 4 is 34.8 Å². The van der Waals surface area contributed by atoms with Gasteiger partial charge < -0.3 is 0 Å². The van der Waals surface area contributed by atoms with E-state index >= 15 is 0 Å². The van der Waals surface area contributed by atoms with E-state index in [0.29, 0.717) is 0 Å². The van der Waals surface area contributed by atoms with Crippen LogP contribution in [0.4, 0.5) is 0 Å². The van der Waals surface area contributed by atoms with Gasteiger partial charge in [0.25, 0.3) is 0 Å². The van der Waals surface area contributed by atoms with Gasteiger partial charge in [-0.25, -0.2) is 0 Å². The SMILES string of the molecule is ClC1C[CH]CC(Cl)C1Cl. The molecule has 0 nitrogen and oxygen atoms in total. The minimum Gasteiger partial charge on any atom is -0.121 e. The summed E-state index contributed by atoms with van der Waals surface area (Å²) in [6, 6.07) is 0. The molecule has 1 rings (SSSR count). The third-order valence-corrected chi connectivity index (χ3v) is 3.24. The first-order valence-corrected chi connectivity index (χ1v) is 4.26. The van der Waals surface area contributed by atoms with Gasteiger partial charge in [-0.2, -0.15) is 0 Å². The maximum absolute atomic E-state index is 5.83. The van der Waals surface area contributed by atoms with Gasteiger partial charge in [-0.05, 0) is 19.3 Å². The molecule has 3 heteroatoms. The van der Waals surface area contributed by atoms with E-state index in [1.54, 1.807) is 0 Å². The van der Waals surface area contributed by atoms with Crippen LogP contribution < -0.4 is 0 Å². The van der Waals surface area contributed by atoms with Crippen molar-refractivity contribution in [1.82, 2.24) is 0 Å². The number of alkyl halides is 3. The Hall–Kier alpha value is 0.870. The van der Waals surface area contributed by atoms with Crippen molar-refractivity contribution in [2.45, 2.75) is 29.0 Å². The first kappa shape index (κ1) is 7.97. The van der Waals surface area contributed by atoms with Crippen molar-refractivity contribution in [3.8, 4) is 0 Å². The molecule has 0 bridgehead atoms. The molecule has 53 valence electrons. The molecule has 0 heterocycles. The molecule has 0 aromatic heterocycles. The molecule has 0 N–H and O–H groups in total. The first-order chi connectivity index (χ1) is 4.22. The summed E-state index contributed by atoms with van der Waals surface area (Å²) >= 11 is 17.5. The molecule has 0 spiro atoms. The van der Waals surface area contributed by atoms with Crippen LogP contribution in [0.2, 0.25) is 0 Å². The summed E-state index contributed by atoms with van der Waals surface area (Å²) < 4.78 is 0. The van der Waals surface area contributed by atoms with Crippen molar-refractivity contribution in [3.63, 3.8) is 0 Å². The zero-order valence-electron chi connectivity index (χ0n) is 4.86. The summed E-state index contributed by atoms with van der Waals surface area (Å²) in [6.45, 7) is 0. The molecule has 1 aliphatic carbocycles. The molecule has 0 aliphatic heterocycles. The normalized spacial score (nSPS) is 45.0. The van der Waals surface area contributed by atoms with E-state index in [-0.39, 0.29) is 16.1 Å². The quantitative estimate of drug-likeness (QED) is 0.511. The predicted octanol–water partition coefficient (Wildman–Crippen LogP) is 2.81. The lowest BCUT2D eigenvalue weighted by Gasteiger charge is -2.25. The summed E-state index contributed by atoms with van der Waals surface area (Å²) in [5.74, 6) is 0. The lowest BCUT2D eigenvalue weighted by atomic mass is 9.99. The molecule has 9 heavy (non-hydrogen) atoms. The lowest BCUT2D eigenvalue weighted by molar-refractivity contribution is 0.616. The number of hydrogen-bond donors (Lipinski definition) is 0. The molecule has 0 aromatic carbocycles. The van der Waals surface area contributed by atoms with Gasteiger partial charge in [0, 0.05) is 0 Å². The van der Waals surface area contributed by atoms with Crippen LogP contribution in [-0.2, 0) is 0 Å². The highest BCUT2D eigenvalue weighted by molar-refractivity contribution is 6.35. The van der Waals surface area contributed by atoms with E-state index < -0.39 is 0 Å². The fourth-order valence-corrected chi connectivity index (χ4v) is 1.78.